The van der Waals surface area contributed by atoms with E-state index in [1.54, 1.807) is 25.3 Å². The monoisotopic (exact) mass is 819 g/mol. The minimum Gasteiger partial charge on any atom is -0.497 e. The Labute approximate surface area is 364 Å². The topological polar surface area (TPSA) is 74.3 Å². The van der Waals surface area contributed by atoms with Gasteiger partial charge >= 0.3 is 12.1 Å². The number of benzene rings is 7. The lowest BCUT2D eigenvalue weighted by molar-refractivity contribution is -0.131. The van der Waals surface area contributed by atoms with E-state index in [4.69, 9.17) is 18.9 Å². The standard InChI is InChI=1S/C55H49NO6/c1-38-36-45(24-34-52(38)60-40(3)57)55(4,5)46-25-35-53(39(2)37-46)62-54(58)61-51-32-22-44(23-33-51)15-13-42-18-28-49(29-19-42)56(47-10-8-7-9-11-47)48-26-16-41(17-27-48)12-14-43-20-30-50(59-6)31-21-43/h7-37H,1-6H3/b14-12+,15-13+. The average molecular weight is 820 g/mol. The predicted octanol–water partition coefficient (Wildman–Crippen LogP) is 14.0. The van der Waals surface area contributed by atoms with Crippen LogP contribution in [0.2, 0.25) is 0 Å². The van der Waals surface area contributed by atoms with Crippen LogP contribution < -0.4 is 23.8 Å². The Kier molecular flexibility index (Phi) is 13.1. The van der Waals surface area contributed by atoms with Crippen molar-refractivity contribution in [3.63, 3.8) is 0 Å². The lowest BCUT2D eigenvalue weighted by Crippen LogP contribution is -2.20. The molecule has 0 saturated heterocycles. The Morgan fingerprint density at radius 1 is 0.484 bits per heavy atom. The summed E-state index contributed by atoms with van der Waals surface area (Å²) in [5, 5.41) is 0. The third-order valence-electron chi connectivity index (χ3n) is 10.7. The normalized spacial score (nSPS) is 11.4. The highest BCUT2D eigenvalue weighted by molar-refractivity contribution is 5.80. The van der Waals surface area contributed by atoms with Gasteiger partial charge in [-0.15, -0.1) is 0 Å². The molecule has 0 fully saturated rings. The predicted molar refractivity (Wildman–Crippen MR) is 251 cm³/mol. The molecule has 7 nitrogen and oxygen atoms in total. The number of hydrogen-bond donors (Lipinski definition) is 0. The maximum Gasteiger partial charge on any atom is 0.519 e. The van der Waals surface area contributed by atoms with Crippen molar-refractivity contribution in [2.24, 2.45) is 0 Å². The van der Waals surface area contributed by atoms with Gasteiger partial charge in [0.05, 0.1) is 7.11 Å². The molecule has 7 aromatic carbocycles. The molecule has 0 N–H and O–H groups in total. The molecule has 7 heteroatoms. The Morgan fingerprint density at radius 2 is 0.887 bits per heavy atom. The SMILES string of the molecule is COc1ccc(/C=C/c2ccc(N(c3ccccc3)c3ccc(/C=C/c4ccc(OC(=O)Oc5ccc(C(C)(C)c6ccc(OC(C)=O)c(C)c6)cc5C)cc4)cc3)cc2)cc1. The van der Waals surface area contributed by atoms with E-state index in [0.29, 0.717) is 17.2 Å². The molecule has 0 saturated carbocycles. The fourth-order valence-corrected chi connectivity index (χ4v) is 7.07. The molecule has 0 aromatic heterocycles. The molecule has 7 aromatic rings. The van der Waals surface area contributed by atoms with Gasteiger partial charge < -0.3 is 23.8 Å². The summed E-state index contributed by atoms with van der Waals surface area (Å²) in [5.41, 5.74) is 10.8. The van der Waals surface area contributed by atoms with Gasteiger partial charge in [0.25, 0.3) is 0 Å². The zero-order chi connectivity index (χ0) is 43.6. The van der Waals surface area contributed by atoms with Crippen LogP contribution in [0.4, 0.5) is 21.9 Å². The number of rotatable bonds is 13. The van der Waals surface area contributed by atoms with Gasteiger partial charge in [0.1, 0.15) is 23.0 Å². The van der Waals surface area contributed by atoms with Crippen molar-refractivity contribution in [3.05, 3.63) is 208 Å². The van der Waals surface area contributed by atoms with E-state index in [1.165, 1.54) is 6.92 Å². The van der Waals surface area contributed by atoms with Crippen molar-refractivity contribution in [1.82, 2.24) is 0 Å². The van der Waals surface area contributed by atoms with E-state index in [0.717, 1.165) is 67.3 Å². The van der Waals surface area contributed by atoms with Crippen molar-refractivity contribution >= 4 is 53.5 Å². The fraction of sp³-hybridized carbons (Fsp3) is 0.127. The first-order valence-corrected chi connectivity index (χ1v) is 20.4. The minimum absolute atomic E-state index is 0.352. The number of para-hydroxylation sites is 1. The van der Waals surface area contributed by atoms with Crippen LogP contribution in [0.1, 0.15) is 65.3 Å². The first kappa shape index (κ1) is 42.5. The molecule has 0 unspecified atom stereocenters. The summed E-state index contributed by atoms with van der Waals surface area (Å²) in [4.78, 5) is 26.5. The number of carbonyl (C=O) groups excluding carboxylic acids is 2. The number of ether oxygens (including phenoxy) is 4. The fourth-order valence-electron chi connectivity index (χ4n) is 7.07. The van der Waals surface area contributed by atoms with Crippen LogP contribution in [0.3, 0.4) is 0 Å². The molecule has 0 atom stereocenters. The van der Waals surface area contributed by atoms with Gasteiger partial charge in [0.15, 0.2) is 0 Å². The summed E-state index contributed by atoms with van der Waals surface area (Å²) in [6, 6.07) is 54.1. The maximum absolute atomic E-state index is 12.8. The molecule has 0 bridgehead atoms. The zero-order valence-electron chi connectivity index (χ0n) is 35.8. The number of anilines is 3. The molecule has 7 rings (SSSR count). The molecule has 0 heterocycles. The Hall–Kier alpha value is -7.64. The first-order valence-electron chi connectivity index (χ1n) is 20.4. The molecule has 310 valence electrons. The third-order valence-corrected chi connectivity index (χ3v) is 10.7. The summed E-state index contributed by atoms with van der Waals surface area (Å²) in [6.45, 7) is 9.45. The van der Waals surface area contributed by atoms with Crippen LogP contribution in [0.5, 0.6) is 23.0 Å². The summed E-state index contributed by atoms with van der Waals surface area (Å²) in [5.74, 6) is 1.83. The second kappa shape index (κ2) is 19.2. The highest BCUT2D eigenvalue weighted by atomic mass is 16.7. The molecule has 0 amide bonds. The molecule has 0 aliphatic heterocycles. The number of aryl methyl sites for hydroxylation is 2. The van der Waals surface area contributed by atoms with Crippen LogP contribution in [-0.4, -0.2) is 19.2 Å². The van der Waals surface area contributed by atoms with Crippen LogP contribution in [-0.2, 0) is 10.2 Å². The number of esters is 1. The van der Waals surface area contributed by atoms with Crippen LogP contribution >= 0.6 is 0 Å². The van der Waals surface area contributed by atoms with Crippen LogP contribution in [0, 0.1) is 13.8 Å². The van der Waals surface area contributed by atoms with Crippen LogP contribution in [0.25, 0.3) is 24.3 Å². The zero-order valence-corrected chi connectivity index (χ0v) is 35.8. The highest BCUT2D eigenvalue weighted by Gasteiger charge is 2.25. The van der Waals surface area contributed by atoms with E-state index in [9.17, 15) is 9.59 Å². The molecule has 0 aliphatic rings. The molecular formula is C55H49NO6. The molecular weight excluding hydrogens is 771 g/mol. The van der Waals surface area contributed by atoms with Crippen molar-refractivity contribution < 1.29 is 28.5 Å². The van der Waals surface area contributed by atoms with Crippen molar-refractivity contribution in [2.45, 2.75) is 40.0 Å². The van der Waals surface area contributed by atoms with E-state index in [2.05, 4.69) is 97.6 Å². The quantitative estimate of drug-likeness (QED) is 0.0496. The second-order valence-corrected chi connectivity index (χ2v) is 15.5. The third kappa shape index (κ3) is 10.6. The minimum atomic E-state index is -0.817. The largest absolute Gasteiger partial charge is 0.519 e. The van der Waals surface area contributed by atoms with Crippen molar-refractivity contribution in [2.75, 3.05) is 12.0 Å². The van der Waals surface area contributed by atoms with Crippen LogP contribution in [0.15, 0.2) is 164 Å². The number of hydrogen-bond acceptors (Lipinski definition) is 7. The molecule has 62 heavy (non-hydrogen) atoms. The van der Waals surface area contributed by atoms with Gasteiger partial charge in [-0.1, -0.05) is 129 Å². The van der Waals surface area contributed by atoms with E-state index < -0.39 is 6.16 Å². The Bertz CT molecular complexity index is 2700. The average Bonchev–Trinajstić information content (AvgIpc) is 3.28. The van der Waals surface area contributed by atoms with Gasteiger partial charge in [-0.2, -0.15) is 0 Å². The van der Waals surface area contributed by atoms with Gasteiger partial charge in [-0.05, 0) is 131 Å². The molecule has 0 spiro atoms. The number of carbonyl (C=O) groups is 2. The summed E-state index contributed by atoms with van der Waals surface area (Å²) >= 11 is 0. The van der Waals surface area contributed by atoms with Crippen molar-refractivity contribution in [3.8, 4) is 23.0 Å². The van der Waals surface area contributed by atoms with Crippen molar-refractivity contribution in [1.29, 1.82) is 0 Å². The van der Waals surface area contributed by atoms with E-state index in [-0.39, 0.29) is 11.4 Å². The molecule has 0 aliphatic carbocycles. The summed E-state index contributed by atoms with van der Waals surface area (Å²) in [7, 11) is 1.67. The second-order valence-electron chi connectivity index (χ2n) is 15.5. The van der Waals surface area contributed by atoms with E-state index >= 15 is 0 Å². The smallest absolute Gasteiger partial charge is 0.497 e. The van der Waals surface area contributed by atoms with Gasteiger partial charge in [0, 0.05) is 29.4 Å². The highest BCUT2D eigenvalue weighted by Crippen LogP contribution is 2.37. The Balaban J connectivity index is 0.961. The molecule has 0 radical (unpaired) electrons. The van der Waals surface area contributed by atoms with Gasteiger partial charge in [-0.3, -0.25) is 4.79 Å². The Morgan fingerprint density at radius 3 is 1.31 bits per heavy atom. The lowest BCUT2D eigenvalue weighted by atomic mass is 9.77. The number of methoxy groups -OCH3 is 1. The van der Waals surface area contributed by atoms with Gasteiger partial charge in [0.2, 0.25) is 0 Å². The lowest BCUT2D eigenvalue weighted by Gasteiger charge is -2.27. The maximum atomic E-state index is 12.8. The summed E-state index contributed by atoms with van der Waals surface area (Å²) in [6.07, 6.45) is 7.46. The van der Waals surface area contributed by atoms with E-state index in [1.807, 2.05) is 105 Å². The number of nitrogens with zero attached hydrogens (tertiary/aromatic N) is 1. The first-order chi connectivity index (χ1) is 29.9. The summed E-state index contributed by atoms with van der Waals surface area (Å²) < 4.78 is 21.7. The van der Waals surface area contributed by atoms with Gasteiger partial charge in [-0.25, -0.2) is 4.79 Å².